The number of carbonyl (C=O) groups excluding carboxylic acids is 1. The SMILES string of the molecule is NC(=NO)C1(C(=O)NCC(C2CC2)C2CC2)CCC1. The monoisotopic (exact) mass is 265 g/mol. The van der Waals surface area contributed by atoms with Crippen LogP contribution in [-0.4, -0.2) is 23.5 Å². The molecule has 3 saturated carbocycles. The molecular formula is C14H23N3O2. The molecular weight excluding hydrogens is 242 g/mol. The van der Waals surface area contributed by atoms with E-state index in [1.807, 2.05) is 0 Å². The minimum atomic E-state index is -0.730. The first-order valence-electron chi connectivity index (χ1n) is 7.43. The smallest absolute Gasteiger partial charge is 0.233 e. The molecule has 0 unspecified atom stereocenters. The molecule has 0 aromatic rings. The highest BCUT2D eigenvalue weighted by Crippen LogP contribution is 2.49. The molecule has 0 spiro atoms. The van der Waals surface area contributed by atoms with Crippen LogP contribution in [0.3, 0.4) is 0 Å². The maximum Gasteiger partial charge on any atom is 0.233 e. The van der Waals surface area contributed by atoms with E-state index in [4.69, 9.17) is 10.9 Å². The molecule has 3 fully saturated rings. The molecule has 4 N–H and O–H groups in total. The van der Waals surface area contributed by atoms with Gasteiger partial charge in [-0.25, -0.2) is 0 Å². The lowest BCUT2D eigenvalue weighted by atomic mass is 9.67. The van der Waals surface area contributed by atoms with Gasteiger partial charge in [0.25, 0.3) is 0 Å². The number of nitrogens with zero attached hydrogens (tertiary/aromatic N) is 1. The predicted molar refractivity (Wildman–Crippen MR) is 71.6 cm³/mol. The third-order valence-electron chi connectivity index (χ3n) is 5.19. The van der Waals surface area contributed by atoms with E-state index in [1.54, 1.807) is 0 Å². The number of rotatable bonds is 6. The third-order valence-corrected chi connectivity index (χ3v) is 5.19. The van der Waals surface area contributed by atoms with Gasteiger partial charge in [0.2, 0.25) is 5.91 Å². The lowest BCUT2D eigenvalue weighted by molar-refractivity contribution is -0.131. The van der Waals surface area contributed by atoms with Crippen LogP contribution in [0.2, 0.25) is 0 Å². The van der Waals surface area contributed by atoms with Crippen LogP contribution in [0.15, 0.2) is 5.16 Å². The Morgan fingerprint density at radius 1 is 1.32 bits per heavy atom. The van der Waals surface area contributed by atoms with Crippen molar-refractivity contribution < 1.29 is 10.0 Å². The highest BCUT2D eigenvalue weighted by Gasteiger charge is 2.49. The van der Waals surface area contributed by atoms with Gasteiger partial charge >= 0.3 is 0 Å². The molecule has 3 rings (SSSR count). The van der Waals surface area contributed by atoms with Crippen LogP contribution in [0.1, 0.15) is 44.9 Å². The number of carbonyl (C=O) groups is 1. The first kappa shape index (κ1) is 12.8. The molecule has 106 valence electrons. The van der Waals surface area contributed by atoms with Gasteiger partial charge in [-0.15, -0.1) is 0 Å². The Labute approximate surface area is 113 Å². The second-order valence-corrected chi connectivity index (χ2v) is 6.47. The van der Waals surface area contributed by atoms with Crippen molar-refractivity contribution in [3.05, 3.63) is 0 Å². The van der Waals surface area contributed by atoms with Crippen molar-refractivity contribution in [3.63, 3.8) is 0 Å². The van der Waals surface area contributed by atoms with Crippen molar-refractivity contribution in [1.29, 1.82) is 0 Å². The first-order chi connectivity index (χ1) is 9.17. The summed E-state index contributed by atoms with van der Waals surface area (Å²) in [4.78, 5) is 12.4. The minimum Gasteiger partial charge on any atom is -0.409 e. The van der Waals surface area contributed by atoms with Crippen LogP contribution in [0.5, 0.6) is 0 Å². The molecule has 0 aliphatic heterocycles. The van der Waals surface area contributed by atoms with Crippen molar-refractivity contribution in [3.8, 4) is 0 Å². The molecule has 0 aromatic carbocycles. The van der Waals surface area contributed by atoms with Gasteiger partial charge in [0, 0.05) is 6.54 Å². The molecule has 0 atom stereocenters. The molecule has 5 nitrogen and oxygen atoms in total. The highest BCUT2D eigenvalue weighted by molar-refractivity contribution is 6.07. The van der Waals surface area contributed by atoms with Gasteiger partial charge in [-0.3, -0.25) is 4.79 Å². The quantitative estimate of drug-likeness (QED) is 0.294. The Kier molecular flexibility index (Phi) is 3.15. The summed E-state index contributed by atoms with van der Waals surface area (Å²) in [6, 6.07) is 0. The zero-order valence-corrected chi connectivity index (χ0v) is 11.3. The van der Waals surface area contributed by atoms with Crippen molar-refractivity contribution in [1.82, 2.24) is 5.32 Å². The maximum atomic E-state index is 12.4. The van der Waals surface area contributed by atoms with Gasteiger partial charge in [-0.2, -0.15) is 0 Å². The van der Waals surface area contributed by atoms with Crippen molar-refractivity contribution in [2.45, 2.75) is 44.9 Å². The zero-order chi connectivity index (χ0) is 13.5. The molecule has 0 aromatic heterocycles. The van der Waals surface area contributed by atoms with Gasteiger partial charge in [0.05, 0.1) is 0 Å². The van der Waals surface area contributed by atoms with Gasteiger partial charge < -0.3 is 16.3 Å². The molecule has 0 heterocycles. The van der Waals surface area contributed by atoms with Crippen LogP contribution in [-0.2, 0) is 4.79 Å². The summed E-state index contributed by atoms with van der Waals surface area (Å²) in [6.45, 7) is 0.772. The number of nitrogens with two attached hydrogens (primary N) is 1. The molecule has 0 bridgehead atoms. The largest absolute Gasteiger partial charge is 0.409 e. The Balaban J connectivity index is 1.58. The lowest BCUT2D eigenvalue weighted by Crippen LogP contribution is -2.54. The van der Waals surface area contributed by atoms with Crippen LogP contribution in [0.25, 0.3) is 0 Å². The second-order valence-electron chi connectivity index (χ2n) is 6.47. The van der Waals surface area contributed by atoms with E-state index in [1.165, 1.54) is 25.7 Å². The number of hydrogen-bond acceptors (Lipinski definition) is 3. The van der Waals surface area contributed by atoms with Crippen LogP contribution < -0.4 is 11.1 Å². The summed E-state index contributed by atoms with van der Waals surface area (Å²) in [5.41, 5.74) is 4.97. The first-order valence-corrected chi connectivity index (χ1v) is 7.43. The van der Waals surface area contributed by atoms with E-state index in [0.717, 1.165) is 24.8 Å². The fourth-order valence-electron chi connectivity index (χ4n) is 3.37. The Morgan fingerprint density at radius 3 is 2.26 bits per heavy atom. The molecule has 3 aliphatic rings. The summed E-state index contributed by atoms with van der Waals surface area (Å²) < 4.78 is 0. The molecule has 1 amide bonds. The number of hydrogen-bond donors (Lipinski definition) is 3. The van der Waals surface area contributed by atoms with Crippen LogP contribution in [0.4, 0.5) is 0 Å². The summed E-state index contributed by atoms with van der Waals surface area (Å²) in [6.07, 6.45) is 7.66. The Hall–Kier alpha value is -1.26. The fraction of sp³-hybridized carbons (Fsp3) is 0.857. The lowest BCUT2D eigenvalue weighted by Gasteiger charge is -2.39. The van der Waals surface area contributed by atoms with Crippen molar-refractivity contribution in [2.75, 3.05) is 6.54 Å². The normalized spacial score (nSPS) is 26.1. The van der Waals surface area contributed by atoms with Crippen molar-refractivity contribution >= 4 is 11.7 Å². The summed E-state index contributed by atoms with van der Waals surface area (Å²) >= 11 is 0. The predicted octanol–water partition coefficient (Wildman–Crippen LogP) is 1.46. The average molecular weight is 265 g/mol. The standard InChI is InChI=1S/C14H23N3O2/c15-12(17-19)14(6-1-7-14)13(18)16-8-11(9-2-3-9)10-4-5-10/h9-11,19H,1-8H2,(H2,15,17)(H,16,18). The van der Waals surface area contributed by atoms with E-state index >= 15 is 0 Å². The van der Waals surface area contributed by atoms with E-state index < -0.39 is 5.41 Å². The minimum absolute atomic E-state index is 0.0413. The molecule has 3 aliphatic carbocycles. The molecule has 0 saturated heterocycles. The van der Waals surface area contributed by atoms with Crippen LogP contribution >= 0.6 is 0 Å². The summed E-state index contributed by atoms with van der Waals surface area (Å²) in [5.74, 6) is 2.35. The summed E-state index contributed by atoms with van der Waals surface area (Å²) in [5, 5.41) is 15.0. The topological polar surface area (TPSA) is 87.7 Å². The molecule has 19 heavy (non-hydrogen) atoms. The number of oxime groups is 1. The number of amidine groups is 1. The van der Waals surface area contributed by atoms with E-state index in [-0.39, 0.29) is 11.7 Å². The van der Waals surface area contributed by atoms with Crippen molar-refractivity contribution in [2.24, 2.45) is 34.1 Å². The van der Waals surface area contributed by atoms with Gasteiger partial charge in [0.1, 0.15) is 5.41 Å². The Bertz CT molecular complexity index is 383. The van der Waals surface area contributed by atoms with Gasteiger partial charge in [0.15, 0.2) is 5.84 Å². The van der Waals surface area contributed by atoms with E-state index in [2.05, 4.69) is 10.5 Å². The van der Waals surface area contributed by atoms with Gasteiger partial charge in [-0.1, -0.05) is 11.6 Å². The maximum absolute atomic E-state index is 12.4. The fourth-order valence-corrected chi connectivity index (χ4v) is 3.37. The summed E-state index contributed by atoms with van der Waals surface area (Å²) in [7, 11) is 0. The van der Waals surface area contributed by atoms with Crippen LogP contribution in [0, 0.1) is 23.2 Å². The number of amides is 1. The van der Waals surface area contributed by atoms with Gasteiger partial charge in [-0.05, 0) is 56.3 Å². The van der Waals surface area contributed by atoms with E-state index in [0.29, 0.717) is 18.8 Å². The molecule has 5 heteroatoms. The zero-order valence-electron chi connectivity index (χ0n) is 11.3. The highest BCUT2D eigenvalue weighted by atomic mass is 16.4. The van der Waals surface area contributed by atoms with E-state index in [9.17, 15) is 4.79 Å². The number of nitrogens with one attached hydrogen (secondary N) is 1. The second kappa shape index (κ2) is 4.69. The Morgan fingerprint density at radius 2 is 1.89 bits per heavy atom. The average Bonchev–Trinajstić information content (AvgIpc) is 3.20. The molecule has 0 radical (unpaired) electrons. The third kappa shape index (κ3) is 2.30.